The van der Waals surface area contributed by atoms with Crippen LogP contribution in [0.3, 0.4) is 0 Å². The van der Waals surface area contributed by atoms with Crippen LogP contribution in [0.15, 0.2) is 30.3 Å². The first-order chi connectivity index (χ1) is 7.93. The highest BCUT2D eigenvalue weighted by Crippen LogP contribution is 2.22. The lowest BCUT2D eigenvalue weighted by atomic mass is 9.92. The topological polar surface area (TPSA) is 45.0 Å². The smallest absolute Gasteiger partial charge is 0.155 e. The number of benzene rings is 1. The number of nitriles is 1. The summed E-state index contributed by atoms with van der Waals surface area (Å²) in [5.74, 6) is 0. The molecule has 1 unspecified atom stereocenters. The third-order valence-corrected chi connectivity index (χ3v) is 2.61. The van der Waals surface area contributed by atoms with Gasteiger partial charge in [0.25, 0.3) is 0 Å². The fourth-order valence-corrected chi connectivity index (χ4v) is 1.50. The van der Waals surface area contributed by atoms with Crippen molar-refractivity contribution in [1.29, 1.82) is 5.26 Å². The second-order valence-corrected chi connectivity index (χ2v) is 5.03. The van der Waals surface area contributed by atoms with E-state index in [9.17, 15) is 5.26 Å². The molecule has 0 fully saturated rings. The van der Waals surface area contributed by atoms with Gasteiger partial charge in [0.1, 0.15) is 0 Å². The fraction of sp³-hybridized carbons (Fsp3) is 0.500. The second-order valence-electron chi connectivity index (χ2n) is 5.03. The van der Waals surface area contributed by atoms with Crippen LogP contribution in [0.25, 0.3) is 0 Å². The minimum atomic E-state index is -0.783. The molecule has 0 radical (unpaired) electrons. The summed E-state index contributed by atoms with van der Waals surface area (Å²) in [6, 6.07) is 12.0. The largest absolute Gasteiger partial charge is 0.372 e. The van der Waals surface area contributed by atoms with Gasteiger partial charge in [-0.2, -0.15) is 5.26 Å². The molecule has 0 aliphatic rings. The predicted molar refractivity (Wildman–Crippen MR) is 68.5 cm³/mol. The quantitative estimate of drug-likeness (QED) is 0.867. The molecular formula is C14H20N2O. The molecule has 0 aliphatic carbocycles. The van der Waals surface area contributed by atoms with Crippen LogP contribution >= 0.6 is 0 Å². The maximum Gasteiger partial charge on any atom is 0.155 e. The molecule has 0 saturated carbocycles. The summed E-state index contributed by atoms with van der Waals surface area (Å²) in [5, 5.41) is 12.5. The Labute approximate surface area is 103 Å². The number of ether oxygens (including phenoxy) is 1. The summed E-state index contributed by atoms with van der Waals surface area (Å²) in [7, 11) is 1.78. The van der Waals surface area contributed by atoms with Crippen molar-refractivity contribution < 1.29 is 4.74 Å². The van der Waals surface area contributed by atoms with Gasteiger partial charge in [0.2, 0.25) is 0 Å². The highest BCUT2D eigenvalue weighted by atomic mass is 16.5. The Morgan fingerprint density at radius 1 is 1.24 bits per heavy atom. The van der Waals surface area contributed by atoms with Crippen molar-refractivity contribution in [2.24, 2.45) is 0 Å². The number of nitrogens with one attached hydrogen (secondary N) is 1. The van der Waals surface area contributed by atoms with Crippen molar-refractivity contribution in [3.63, 3.8) is 0 Å². The molecule has 0 spiro atoms. The molecule has 0 saturated heterocycles. The molecule has 0 amide bonds. The zero-order valence-electron chi connectivity index (χ0n) is 10.9. The minimum absolute atomic E-state index is 0.256. The fourth-order valence-electron chi connectivity index (χ4n) is 1.50. The van der Waals surface area contributed by atoms with Gasteiger partial charge in [-0.3, -0.25) is 5.32 Å². The van der Waals surface area contributed by atoms with Crippen LogP contribution in [0, 0.1) is 11.3 Å². The molecule has 0 bridgehead atoms. The lowest BCUT2D eigenvalue weighted by Gasteiger charge is -2.30. The standard InChI is InChI=1S/C14H20N2O/c1-13(2,3)17-11-14(10-15,16-4)12-8-6-5-7-9-12/h5-9,16H,11H2,1-4H3. The molecule has 92 valence electrons. The van der Waals surface area contributed by atoms with Gasteiger partial charge in [0, 0.05) is 0 Å². The molecule has 1 N–H and O–H groups in total. The Balaban J connectivity index is 2.95. The predicted octanol–water partition coefficient (Wildman–Crippen LogP) is 2.44. The van der Waals surface area contributed by atoms with E-state index in [1.807, 2.05) is 51.1 Å². The lowest BCUT2D eigenvalue weighted by Crippen LogP contribution is -2.45. The molecule has 3 nitrogen and oxygen atoms in total. The first kappa shape index (κ1) is 13.7. The van der Waals surface area contributed by atoms with Crippen molar-refractivity contribution in [2.75, 3.05) is 13.7 Å². The Morgan fingerprint density at radius 2 is 1.82 bits per heavy atom. The Kier molecular flexibility index (Phi) is 4.28. The molecule has 17 heavy (non-hydrogen) atoms. The highest BCUT2D eigenvalue weighted by Gasteiger charge is 2.32. The maximum absolute atomic E-state index is 9.43. The minimum Gasteiger partial charge on any atom is -0.372 e. The van der Waals surface area contributed by atoms with Gasteiger partial charge in [-0.25, -0.2) is 0 Å². The Hall–Kier alpha value is -1.37. The van der Waals surface area contributed by atoms with E-state index in [-0.39, 0.29) is 5.60 Å². The van der Waals surface area contributed by atoms with Crippen LogP contribution in [-0.2, 0) is 10.3 Å². The van der Waals surface area contributed by atoms with E-state index in [1.54, 1.807) is 7.05 Å². The summed E-state index contributed by atoms with van der Waals surface area (Å²) < 4.78 is 5.75. The maximum atomic E-state index is 9.43. The van der Waals surface area contributed by atoms with Crippen molar-refractivity contribution >= 4 is 0 Å². The Morgan fingerprint density at radius 3 is 2.24 bits per heavy atom. The van der Waals surface area contributed by atoms with E-state index in [2.05, 4.69) is 11.4 Å². The van der Waals surface area contributed by atoms with Crippen LogP contribution in [0.1, 0.15) is 26.3 Å². The number of rotatable bonds is 4. The molecule has 1 atom stereocenters. The number of hydrogen-bond donors (Lipinski definition) is 1. The van der Waals surface area contributed by atoms with Crippen molar-refractivity contribution in [2.45, 2.75) is 31.9 Å². The molecule has 1 aromatic carbocycles. The molecule has 0 aliphatic heterocycles. The zero-order valence-corrected chi connectivity index (χ0v) is 10.9. The van der Waals surface area contributed by atoms with Crippen molar-refractivity contribution in [3.05, 3.63) is 35.9 Å². The van der Waals surface area contributed by atoms with Gasteiger partial charge in [0.05, 0.1) is 18.3 Å². The van der Waals surface area contributed by atoms with Crippen molar-refractivity contribution in [1.82, 2.24) is 5.32 Å². The van der Waals surface area contributed by atoms with Crippen LogP contribution < -0.4 is 5.32 Å². The van der Waals surface area contributed by atoms with Crippen LogP contribution in [0.5, 0.6) is 0 Å². The van der Waals surface area contributed by atoms with Crippen molar-refractivity contribution in [3.8, 4) is 6.07 Å². The van der Waals surface area contributed by atoms with Gasteiger partial charge < -0.3 is 4.74 Å². The third kappa shape index (κ3) is 3.55. The van der Waals surface area contributed by atoms with Gasteiger partial charge >= 0.3 is 0 Å². The van der Waals surface area contributed by atoms with Crippen LogP contribution in [0.2, 0.25) is 0 Å². The van der Waals surface area contributed by atoms with Gasteiger partial charge in [-0.1, -0.05) is 30.3 Å². The summed E-state index contributed by atoms with van der Waals surface area (Å²) in [6.45, 7) is 6.27. The zero-order chi connectivity index (χ0) is 12.9. The summed E-state index contributed by atoms with van der Waals surface area (Å²) in [5.41, 5.74) is -0.114. The number of nitrogens with zero attached hydrogens (tertiary/aromatic N) is 1. The third-order valence-electron chi connectivity index (χ3n) is 2.61. The van der Waals surface area contributed by atoms with Gasteiger partial charge in [-0.15, -0.1) is 0 Å². The first-order valence-corrected chi connectivity index (χ1v) is 5.73. The average molecular weight is 232 g/mol. The highest BCUT2D eigenvalue weighted by molar-refractivity contribution is 5.31. The molecule has 3 heteroatoms. The summed E-state index contributed by atoms with van der Waals surface area (Å²) in [4.78, 5) is 0. The van der Waals surface area contributed by atoms with Crippen LogP contribution in [0.4, 0.5) is 0 Å². The van der Waals surface area contributed by atoms with Gasteiger partial charge in [0.15, 0.2) is 5.54 Å². The van der Waals surface area contributed by atoms with E-state index in [4.69, 9.17) is 4.74 Å². The number of likely N-dealkylation sites (N-methyl/N-ethyl adjacent to an activating group) is 1. The molecule has 0 aromatic heterocycles. The Bertz CT molecular complexity index is 389. The van der Waals surface area contributed by atoms with E-state index < -0.39 is 5.54 Å². The molecule has 1 aromatic rings. The molecule has 0 heterocycles. The second kappa shape index (κ2) is 5.31. The SMILES string of the molecule is CNC(C#N)(COC(C)(C)C)c1ccccc1. The van der Waals surface area contributed by atoms with E-state index >= 15 is 0 Å². The molecule has 1 rings (SSSR count). The van der Waals surface area contributed by atoms with Crippen LogP contribution in [-0.4, -0.2) is 19.3 Å². The molecular weight excluding hydrogens is 212 g/mol. The monoisotopic (exact) mass is 232 g/mol. The normalized spacial score (nSPS) is 15.0. The van der Waals surface area contributed by atoms with E-state index in [1.165, 1.54) is 0 Å². The summed E-state index contributed by atoms with van der Waals surface area (Å²) in [6.07, 6.45) is 0. The van der Waals surface area contributed by atoms with E-state index in [0.717, 1.165) is 5.56 Å². The first-order valence-electron chi connectivity index (χ1n) is 5.73. The average Bonchev–Trinajstić information content (AvgIpc) is 2.31. The van der Waals surface area contributed by atoms with E-state index in [0.29, 0.717) is 6.61 Å². The summed E-state index contributed by atoms with van der Waals surface area (Å²) >= 11 is 0. The number of hydrogen-bond acceptors (Lipinski definition) is 3. The lowest BCUT2D eigenvalue weighted by molar-refractivity contribution is -0.0260. The van der Waals surface area contributed by atoms with Gasteiger partial charge in [-0.05, 0) is 33.4 Å².